The van der Waals surface area contributed by atoms with Crippen LogP contribution in [0, 0.1) is 28.4 Å². The second-order valence-electron chi connectivity index (χ2n) is 6.63. The van der Waals surface area contributed by atoms with E-state index in [2.05, 4.69) is 20.5 Å². The number of hydrogen-bond acceptors (Lipinski definition) is 9. The van der Waals surface area contributed by atoms with Gasteiger partial charge in [-0.2, -0.15) is 18.4 Å². The van der Waals surface area contributed by atoms with Gasteiger partial charge >= 0.3 is 6.18 Å². The van der Waals surface area contributed by atoms with Gasteiger partial charge in [0.25, 0.3) is 5.69 Å². The minimum absolute atomic E-state index is 0.00166. The number of nitro groups is 1. The lowest BCUT2D eigenvalue weighted by Crippen LogP contribution is -2.06. The number of halogens is 3. The Balaban J connectivity index is 2.13. The van der Waals surface area contributed by atoms with Crippen molar-refractivity contribution in [2.45, 2.75) is 13.1 Å². The van der Waals surface area contributed by atoms with Gasteiger partial charge in [-0.3, -0.25) is 10.1 Å². The molecule has 0 atom stereocenters. The minimum atomic E-state index is -4.93. The fourth-order valence-corrected chi connectivity index (χ4v) is 2.81. The standard InChI is InChI=1S/C20H14F3N7O3/c1-10-14(9-24)18(25)27-19(26-11-2-5-13(31)6-3-11)17(10)29-28-16-7-4-12(30(32)33)8-15(16)20(21,22)23/h2-8,31H,1H3,(H3,25,26,27). The first-order chi connectivity index (χ1) is 15.5. The number of hydrogen-bond donors (Lipinski definition) is 3. The number of benzene rings is 2. The van der Waals surface area contributed by atoms with Crippen LogP contribution in [0.3, 0.4) is 0 Å². The Morgan fingerprint density at radius 1 is 1.21 bits per heavy atom. The monoisotopic (exact) mass is 457 g/mol. The first-order valence-electron chi connectivity index (χ1n) is 9.05. The lowest BCUT2D eigenvalue weighted by molar-refractivity contribution is -0.385. The van der Waals surface area contributed by atoms with Crippen LogP contribution in [0.5, 0.6) is 5.75 Å². The van der Waals surface area contributed by atoms with Gasteiger partial charge < -0.3 is 16.2 Å². The molecule has 4 N–H and O–H groups in total. The SMILES string of the molecule is Cc1c(C#N)c(N)nc(Nc2ccc(O)cc2)c1N=Nc1ccc([N+](=O)[O-])cc1C(F)(F)F. The summed E-state index contributed by atoms with van der Waals surface area (Å²) >= 11 is 0. The summed E-state index contributed by atoms with van der Waals surface area (Å²) in [5, 5.41) is 40.0. The number of aromatic hydroxyl groups is 1. The van der Waals surface area contributed by atoms with E-state index in [0.717, 1.165) is 12.1 Å². The van der Waals surface area contributed by atoms with Crippen molar-refractivity contribution in [1.29, 1.82) is 5.26 Å². The normalized spacial score (nSPS) is 11.4. The number of phenolic OH excluding ortho intramolecular Hbond substituents is 1. The molecule has 0 saturated heterocycles. The number of nitrogens with two attached hydrogens (primary N) is 1. The summed E-state index contributed by atoms with van der Waals surface area (Å²) in [6, 6.07) is 9.67. The van der Waals surface area contributed by atoms with Crippen molar-refractivity contribution in [3.63, 3.8) is 0 Å². The van der Waals surface area contributed by atoms with Crippen LogP contribution in [0.1, 0.15) is 16.7 Å². The molecule has 33 heavy (non-hydrogen) atoms. The van der Waals surface area contributed by atoms with Crippen LogP contribution in [-0.4, -0.2) is 15.0 Å². The van der Waals surface area contributed by atoms with Gasteiger partial charge in [0.1, 0.15) is 23.3 Å². The van der Waals surface area contributed by atoms with Crippen molar-refractivity contribution >= 4 is 34.4 Å². The molecule has 3 aromatic rings. The third kappa shape index (κ3) is 4.96. The first kappa shape index (κ1) is 22.9. The Hall–Kier alpha value is -4.73. The van der Waals surface area contributed by atoms with Crippen LogP contribution in [0.15, 0.2) is 52.7 Å². The summed E-state index contributed by atoms with van der Waals surface area (Å²) in [6.07, 6.45) is -4.93. The molecule has 168 valence electrons. The molecule has 0 radical (unpaired) electrons. The molecule has 0 aliphatic rings. The third-order valence-corrected chi connectivity index (χ3v) is 4.44. The predicted molar refractivity (Wildman–Crippen MR) is 112 cm³/mol. The largest absolute Gasteiger partial charge is 0.508 e. The van der Waals surface area contributed by atoms with E-state index in [1.54, 1.807) is 0 Å². The molecule has 0 unspecified atom stereocenters. The smallest absolute Gasteiger partial charge is 0.418 e. The molecule has 0 bridgehead atoms. The molecule has 3 rings (SSSR count). The quantitative estimate of drug-likeness (QED) is 0.193. The Labute approximate surface area is 184 Å². The highest BCUT2D eigenvalue weighted by Gasteiger charge is 2.35. The molecule has 0 aliphatic heterocycles. The van der Waals surface area contributed by atoms with Gasteiger partial charge in [0.05, 0.1) is 21.7 Å². The number of anilines is 3. The van der Waals surface area contributed by atoms with Crippen molar-refractivity contribution in [2.75, 3.05) is 11.1 Å². The molecule has 1 heterocycles. The first-order valence-corrected chi connectivity index (χ1v) is 9.05. The maximum absolute atomic E-state index is 13.4. The molecule has 2 aromatic carbocycles. The number of phenols is 1. The zero-order chi connectivity index (χ0) is 24.3. The van der Waals surface area contributed by atoms with E-state index in [4.69, 9.17) is 5.73 Å². The third-order valence-electron chi connectivity index (χ3n) is 4.44. The van der Waals surface area contributed by atoms with Gasteiger partial charge in [-0.1, -0.05) is 0 Å². The number of nitrogens with one attached hydrogen (secondary N) is 1. The fourth-order valence-electron chi connectivity index (χ4n) is 2.81. The predicted octanol–water partition coefficient (Wildman–Crippen LogP) is 5.64. The summed E-state index contributed by atoms with van der Waals surface area (Å²) in [6.45, 7) is 1.47. The average molecular weight is 457 g/mol. The number of aromatic nitrogens is 1. The number of pyridine rings is 1. The summed E-state index contributed by atoms with van der Waals surface area (Å²) in [7, 11) is 0. The topological polar surface area (TPSA) is 163 Å². The molecule has 13 heteroatoms. The number of azo groups is 1. The van der Waals surface area contributed by atoms with Gasteiger partial charge in [0.15, 0.2) is 5.82 Å². The van der Waals surface area contributed by atoms with E-state index >= 15 is 0 Å². The second kappa shape index (κ2) is 8.79. The van der Waals surface area contributed by atoms with Gasteiger partial charge in [-0.05, 0) is 37.3 Å². The highest BCUT2D eigenvalue weighted by atomic mass is 19.4. The lowest BCUT2D eigenvalue weighted by atomic mass is 10.1. The molecular formula is C20H14F3N7O3. The van der Waals surface area contributed by atoms with E-state index in [1.807, 2.05) is 6.07 Å². The average Bonchev–Trinajstić information content (AvgIpc) is 2.74. The maximum atomic E-state index is 13.4. The molecule has 0 spiro atoms. The van der Waals surface area contributed by atoms with Gasteiger partial charge in [-0.25, -0.2) is 4.98 Å². The number of nitrogen functional groups attached to an aromatic ring is 1. The van der Waals surface area contributed by atoms with E-state index in [1.165, 1.54) is 31.2 Å². The highest BCUT2D eigenvalue weighted by molar-refractivity contribution is 5.77. The second-order valence-corrected chi connectivity index (χ2v) is 6.63. The maximum Gasteiger partial charge on any atom is 0.418 e. The van der Waals surface area contributed by atoms with Crippen molar-refractivity contribution < 1.29 is 23.2 Å². The summed E-state index contributed by atoms with van der Waals surface area (Å²) in [5.74, 6) is -0.141. The molecule has 0 aliphatic carbocycles. The van der Waals surface area contributed by atoms with E-state index in [9.17, 15) is 33.7 Å². The van der Waals surface area contributed by atoms with Gasteiger partial charge in [0, 0.05) is 23.4 Å². The van der Waals surface area contributed by atoms with E-state index < -0.39 is 28.0 Å². The van der Waals surface area contributed by atoms with Crippen molar-refractivity contribution in [3.05, 3.63) is 69.3 Å². The number of alkyl halides is 3. The van der Waals surface area contributed by atoms with Gasteiger partial charge in [-0.15, -0.1) is 10.2 Å². The Bertz CT molecular complexity index is 1300. The zero-order valence-corrected chi connectivity index (χ0v) is 16.8. The van der Waals surface area contributed by atoms with Crippen LogP contribution in [0.4, 0.5) is 47.6 Å². The van der Waals surface area contributed by atoms with E-state index in [-0.39, 0.29) is 34.2 Å². The summed E-state index contributed by atoms with van der Waals surface area (Å²) in [4.78, 5) is 14.0. The molecule has 0 fully saturated rings. The van der Waals surface area contributed by atoms with Crippen molar-refractivity contribution in [3.8, 4) is 11.8 Å². The molecule has 0 saturated carbocycles. The molecule has 10 nitrogen and oxygen atoms in total. The Morgan fingerprint density at radius 3 is 2.45 bits per heavy atom. The summed E-state index contributed by atoms with van der Waals surface area (Å²) < 4.78 is 40.3. The molecule has 0 amide bonds. The lowest BCUT2D eigenvalue weighted by Gasteiger charge is -2.13. The Kier molecular flexibility index (Phi) is 6.11. The zero-order valence-electron chi connectivity index (χ0n) is 16.8. The number of nitro benzene ring substituents is 1. The van der Waals surface area contributed by atoms with Crippen LogP contribution < -0.4 is 11.1 Å². The van der Waals surface area contributed by atoms with Crippen LogP contribution >= 0.6 is 0 Å². The molecular weight excluding hydrogens is 443 g/mol. The van der Waals surface area contributed by atoms with Gasteiger partial charge in [0.2, 0.25) is 0 Å². The minimum Gasteiger partial charge on any atom is -0.508 e. The number of non-ortho nitro benzene ring substituents is 1. The van der Waals surface area contributed by atoms with Crippen molar-refractivity contribution in [2.24, 2.45) is 10.2 Å². The highest BCUT2D eigenvalue weighted by Crippen LogP contribution is 2.40. The Morgan fingerprint density at radius 2 is 1.88 bits per heavy atom. The van der Waals surface area contributed by atoms with Crippen LogP contribution in [0.25, 0.3) is 0 Å². The van der Waals surface area contributed by atoms with E-state index in [0.29, 0.717) is 11.8 Å². The molecule has 1 aromatic heterocycles. The van der Waals surface area contributed by atoms with Crippen molar-refractivity contribution in [1.82, 2.24) is 4.98 Å². The summed E-state index contributed by atoms with van der Waals surface area (Å²) in [5.41, 5.74) is 3.56. The van der Waals surface area contributed by atoms with Crippen LogP contribution in [0.2, 0.25) is 0 Å². The number of nitriles is 1. The number of rotatable bonds is 5. The fraction of sp³-hybridized carbons (Fsp3) is 0.100. The van der Waals surface area contributed by atoms with Crippen LogP contribution in [-0.2, 0) is 6.18 Å². The number of nitrogens with zero attached hydrogens (tertiary/aromatic N) is 5.